The summed E-state index contributed by atoms with van der Waals surface area (Å²) in [5.41, 5.74) is 1.14. The molecular formula is C15H22BrNO. The Balaban J connectivity index is 2.19. The van der Waals surface area contributed by atoms with Crippen LogP contribution in [-0.2, 0) is 11.3 Å². The quantitative estimate of drug-likeness (QED) is 0.570. The fourth-order valence-corrected chi connectivity index (χ4v) is 2.26. The monoisotopic (exact) mass is 311 g/mol. The molecule has 1 aromatic rings. The zero-order chi connectivity index (χ0) is 13.2. The first kappa shape index (κ1) is 15.2. The lowest BCUT2D eigenvalue weighted by Gasteiger charge is -2.10. The van der Waals surface area contributed by atoms with Crippen LogP contribution in [0.1, 0.15) is 44.6 Å². The van der Waals surface area contributed by atoms with E-state index >= 15 is 0 Å². The van der Waals surface area contributed by atoms with Crippen molar-refractivity contribution in [2.75, 3.05) is 0 Å². The maximum Gasteiger partial charge on any atom is 0.234 e. The van der Waals surface area contributed by atoms with E-state index in [2.05, 4.69) is 28.2 Å². The smallest absolute Gasteiger partial charge is 0.234 e. The minimum atomic E-state index is -0.0573. The van der Waals surface area contributed by atoms with Crippen LogP contribution in [0, 0.1) is 0 Å². The topological polar surface area (TPSA) is 29.1 Å². The number of unbranched alkanes of at least 4 members (excludes halogenated alkanes) is 3. The van der Waals surface area contributed by atoms with Crippen LogP contribution in [0.5, 0.6) is 0 Å². The SMILES string of the molecule is CCCCCCC(Br)C(=O)NCc1ccccc1. The molecule has 0 bridgehead atoms. The first-order valence-corrected chi connectivity index (χ1v) is 7.61. The second-order valence-corrected chi connectivity index (χ2v) is 5.63. The number of benzene rings is 1. The van der Waals surface area contributed by atoms with Crippen LogP contribution in [0.2, 0.25) is 0 Å². The lowest BCUT2D eigenvalue weighted by Crippen LogP contribution is -2.30. The van der Waals surface area contributed by atoms with Gasteiger partial charge in [0.15, 0.2) is 0 Å². The third-order valence-electron chi connectivity index (χ3n) is 2.91. The highest BCUT2D eigenvalue weighted by Gasteiger charge is 2.13. The highest BCUT2D eigenvalue weighted by atomic mass is 79.9. The third-order valence-corrected chi connectivity index (χ3v) is 3.78. The number of alkyl halides is 1. The van der Waals surface area contributed by atoms with Crippen molar-refractivity contribution in [2.45, 2.75) is 50.4 Å². The standard InChI is InChI=1S/C15H22BrNO/c1-2-3-4-8-11-14(16)15(18)17-12-13-9-6-5-7-10-13/h5-7,9-10,14H,2-4,8,11-12H2,1H3,(H,17,18). The van der Waals surface area contributed by atoms with Gasteiger partial charge in [-0.05, 0) is 12.0 Å². The van der Waals surface area contributed by atoms with E-state index in [1.165, 1.54) is 19.3 Å². The molecule has 0 saturated heterocycles. The molecule has 1 rings (SSSR count). The van der Waals surface area contributed by atoms with E-state index in [9.17, 15) is 4.79 Å². The minimum Gasteiger partial charge on any atom is -0.351 e. The second-order valence-electron chi connectivity index (χ2n) is 4.52. The van der Waals surface area contributed by atoms with Gasteiger partial charge in [0.1, 0.15) is 0 Å². The molecule has 1 unspecified atom stereocenters. The molecular weight excluding hydrogens is 290 g/mol. The molecule has 0 aromatic heterocycles. The van der Waals surface area contributed by atoms with Crippen molar-refractivity contribution >= 4 is 21.8 Å². The summed E-state index contributed by atoms with van der Waals surface area (Å²) in [6.07, 6.45) is 5.73. The largest absolute Gasteiger partial charge is 0.351 e. The Hall–Kier alpha value is -0.830. The number of nitrogens with one attached hydrogen (secondary N) is 1. The molecule has 2 nitrogen and oxygen atoms in total. The first-order chi connectivity index (χ1) is 8.74. The molecule has 0 aliphatic carbocycles. The number of amides is 1. The van der Waals surface area contributed by atoms with Gasteiger partial charge >= 0.3 is 0 Å². The summed E-state index contributed by atoms with van der Waals surface area (Å²) in [6, 6.07) is 9.98. The minimum absolute atomic E-state index is 0.0573. The molecule has 1 amide bonds. The Labute approximate surface area is 118 Å². The molecule has 100 valence electrons. The van der Waals surface area contributed by atoms with Crippen molar-refractivity contribution in [3.63, 3.8) is 0 Å². The summed E-state index contributed by atoms with van der Waals surface area (Å²) >= 11 is 3.46. The molecule has 3 heteroatoms. The van der Waals surface area contributed by atoms with E-state index in [0.29, 0.717) is 6.54 Å². The Morgan fingerprint density at radius 1 is 1.22 bits per heavy atom. The number of carbonyl (C=O) groups is 1. The van der Waals surface area contributed by atoms with E-state index in [4.69, 9.17) is 0 Å². The Morgan fingerprint density at radius 3 is 2.61 bits per heavy atom. The van der Waals surface area contributed by atoms with Gasteiger partial charge in [0.2, 0.25) is 5.91 Å². The molecule has 1 aromatic carbocycles. The predicted octanol–water partition coefficient (Wildman–Crippen LogP) is 4.04. The zero-order valence-electron chi connectivity index (χ0n) is 11.0. The summed E-state index contributed by atoms with van der Waals surface area (Å²) in [5, 5.41) is 2.95. The van der Waals surface area contributed by atoms with Crippen LogP contribution in [0.25, 0.3) is 0 Å². The molecule has 0 fully saturated rings. The molecule has 0 spiro atoms. The zero-order valence-corrected chi connectivity index (χ0v) is 12.6. The van der Waals surface area contributed by atoms with Crippen molar-refractivity contribution in [1.29, 1.82) is 0 Å². The Bertz CT molecular complexity index is 340. The van der Waals surface area contributed by atoms with E-state index in [1.54, 1.807) is 0 Å². The second kappa shape index (κ2) is 9.15. The van der Waals surface area contributed by atoms with Gasteiger partial charge in [-0.15, -0.1) is 0 Å². The summed E-state index contributed by atoms with van der Waals surface area (Å²) in [6.45, 7) is 2.80. The fraction of sp³-hybridized carbons (Fsp3) is 0.533. The van der Waals surface area contributed by atoms with Crippen LogP contribution in [0.15, 0.2) is 30.3 Å². The molecule has 0 radical (unpaired) electrons. The average Bonchev–Trinajstić information content (AvgIpc) is 2.42. The highest BCUT2D eigenvalue weighted by Crippen LogP contribution is 2.12. The van der Waals surface area contributed by atoms with Crippen molar-refractivity contribution < 1.29 is 4.79 Å². The third kappa shape index (κ3) is 6.20. The van der Waals surface area contributed by atoms with Gasteiger partial charge in [0.05, 0.1) is 4.83 Å². The van der Waals surface area contributed by atoms with Gasteiger partial charge in [0, 0.05) is 6.54 Å². The van der Waals surface area contributed by atoms with E-state index in [-0.39, 0.29) is 10.7 Å². The number of hydrogen-bond donors (Lipinski definition) is 1. The van der Waals surface area contributed by atoms with Crippen LogP contribution < -0.4 is 5.32 Å². The Kier molecular flexibility index (Phi) is 7.74. The fourth-order valence-electron chi connectivity index (χ4n) is 1.78. The van der Waals surface area contributed by atoms with Crippen molar-refractivity contribution in [1.82, 2.24) is 5.32 Å². The number of hydrogen-bond acceptors (Lipinski definition) is 1. The molecule has 1 atom stereocenters. The summed E-state index contributed by atoms with van der Waals surface area (Å²) in [4.78, 5) is 11.8. The van der Waals surface area contributed by atoms with Crippen molar-refractivity contribution in [3.8, 4) is 0 Å². The molecule has 0 aliphatic rings. The van der Waals surface area contributed by atoms with E-state index < -0.39 is 0 Å². The number of carbonyl (C=O) groups excluding carboxylic acids is 1. The molecule has 0 heterocycles. The Morgan fingerprint density at radius 2 is 1.94 bits per heavy atom. The van der Waals surface area contributed by atoms with E-state index in [1.807, 2.05) is 30.3 Å². The molecule has 0 saturated carbocycles. The average molecular weight is 312 g/mol. The van der Waals surface area contributed by atoms with Gasteiger partial charge < -0.3 is 5.32 Å². The van der Waals surface area contributed by atoms with Crippen LogP contribution >= 0.6 is 15.9 Å². The van der Waals surface area contributed by atoms with E-state index in [0.717, 1.165) is 18.4 Å². The van der Waals surface area contributed by atoms with Crippen LogP contribution in [0.4, 0.5) is 0 Å². The lowest BCUT2D eigenvalue weighted by molar-refractivity contribution is -0.120. The highest BCUT2D eigenvalue weighted by molar-refractivity contribution is 9.10. The summed E-state index contributed by atoms with van der Waals surface area (Å²) < 4.78 is 0. The molecule has 0 aliphatic heterocycles. The number of rotatable bonds is 8. The predicted molar refractivity (Wildman–Crippen MR) is 79.8 cm³/mol. The maximum absolute atomic E-state index is 11.8. The number of halogens is 1. The summed E-state index contributed by atoms with van der Waals surface area (Å²) in [5.74, 6) is 0.0929. The van der Waals surface area contributed by atoms with Crippen molar-refractivity contribution in [2.24, 2.45) is 0 Å². The van der Waals surface area contributed by atoms with Crippen molar-refractivity contribution in [3.05, 3.63) is 35.9 Å². The van der Waals surface area contributed by atoms with Gasteiger partial charge in [-0.2, -0.15) is 0 Å². The lowest BCUT2D eigenvalue weighted by atomic mass is 10.1. The van der Waals surface area contributed by atoms with Gasteiger partial charge in [0.25, 0.3) is 0 Å². The van der Waals surface area contributed by atoms with Crippen LogP contribution in [0.3, 0.4) is 0 Å². The molecule has 18 heavy (non-hydrogen) atoms. The van der Waals surface area contributed by atoms with Gasteiger partial charge in [-0.3, -0.25) is 4.79 Å². The normalized spacial score (nSPS) is 12.1. The molecule has 1 N–H and O–H groups in total. The van der Waals surface area contributed by atoms with Gasteiger partial charge in [-0.25, -0.2) is 0 Å². The maximum atomic E-state index is 11.8. The summed E-state index contributed by atoms with van der Waals surface area (Å²) in [7, 11) is 0. The van der Waals surface area contributed by atoms with Gasteiger partial charge in [-0.1, -0.05) is 78.9 Å². The van der Waals surface area contributed by atoms with Crippen LogP contribution in [-0.4, -0.2) is 10.7 Å². The first-order valence-electron chi connectivity index (χ1n) is 6.69.